The molecule has 1 unspecified atom stereocenters. The zero-order valence-electron chi connectivity index (χ0n) is 11.5. The van der Waals surface area contributed by atoms with Crippen molar-refractivity contribution < 1.29 is 9.13 Å². The maximum Gasteiger partial charge on any atom is 0.131 e. The molecule has 0 aliphatic heterocycles. The lowest BCUT2D eigenvalue weighted by Crippen LogP contribution is -2.22. The van der Waals surface area contributed by atoms with Gasteiger partial charge in [-0.1, -0.05) is 6.07 Å². The molecule has 2 rings (SSSR count). The van der Waals surface area contributed by atoms with Gasteiger partial charge in [-0.25, -0.2) is 4.39 Å². The van der Waals surface area contributed by atoms with Crippen molar-refractivity contribution in [3.05, 3.63) is 50.4 Å². The summed E-state index contributed by atoms with van der Waals surface area (Å²) in [6.45, 7) is 2.75. The number of thiophene rings is 1. The predicted octanol–water partition coefficient (Wildman–Crippen LogP) is 4.55. The molecule has 0 bridgehead atoms. The summed E-state index contributed by atoms with van der Waals surface area (Å²) >= 11 is 5.17. The molecule has 2 aromatic rings. The van der Waals surface area contributed by atoms with Crippen LogP contribution in [0.15, 0.2) is 34.1 Å². The molecule has 0 saturated heterocycles. The standard InChI is InChI=1S/C15H17BrFNOS/c1-10(15-12(17)4-3-5-13(15)19-2)18-9-8-11-6-7-14(16)20-11/h3-7,10,18H,8-9H2,1-2H3. The zero-order valence-corrected chi connectivity index (χ0v) is 13.9. The SMILES string of the molecule is COc1cccc(F)c1C(C)NCCc1ccc(Br)s1. The van der Waals surface area contributed by atoms with Gasteiger partial charge in [-0.2, -0.15) is 0 Å². The Hall–Kier alpha value is -0.910. The van der Waals surface area contributed by atoms with Crippen molar-refractivity contribution >= 4 is 27.3 Å². The van der Waals surface area contributed by atoms with Gasteiger partial charge in [-0.05, 0) is 53.5 Å². The van der Waals surface area contributed by atoms with Crippen molar-refractivity contribution in [2.45, 2.75) is 19.4 Å². The largest absolute Gasteiger partial charge is 0.496 e. The van der Waals surface area contributed by atoms with Crippen molar-refractivity contribution in [1.29, 1.82) is 0 Å². The molecule has 0 fully saturated rings. The van der Waals surface area contributed by atoms with Crippen LogP contribution in [0.1, 0.15) is 23.4 Å². The Morgan fingerprint density at radius 3 is 2.80 bits per heavy atom. The highest BCUT2D eigenvalue weighted by atomic mass is 79.9. The molecule has 108 valence electrons. The summed E-state index contributed by atoms with van der Waals surface area (Å²) < 4.78 is 20.3. The summed E-state index contributed by atoms with van der Waals surface area (Å²) in [6.07, 6.45) is 0.928. The second kappa shape index (κ2) is 7.20. The summed E-state index contributed by atoms with van der Waals surface area (Å²) in [4.78, 5) is 1.30. The van der Waals surface area contributed by atoms with Gasteiger partial charge in [0.2, 0.25) is 0 Å². The second-order valence-corrected chi connectivity index (χ2v) is 7.03. The summed E-state index contributed by atoms with van der Waals surface area (Å²) in [6, 6.07) is 8.97. The molecule has 1 atom stereocenters. The van der Waals surface area contributed by atoms with Crippen LogP contribution in [-0.4, -0.2) is 13.7 Å². The quantitative estimate of drug-likeness (QED) is 0.818. The minimum Gasteiger partial charge on any atom is -0.496 e. The van der Waals surface area contributed by atoms with E-state index in [-0.39, 0.29) is 11.9 Å². The van der Waals surface area contributed by atoms with Gasteiger partial charge in [-0.15, -0.1) is 11.3 Å². The van der Waals surface area contributed by atoms with Crippen LogP contribution >= 0.6 is 27.3 Å². The molecule has 1 aromatic heterocycles. The maximum absolute atomic E-state index is 13.9. The smallest absolute Gasteiger partial charge is 0.131 e. The first kappa shape index (κ1) is 15.5. The van der Waals surface area contributed by atoms with E-state index in [0.717, 1.165) is 16.8 Å². The summed E-state index contributed by atoms with van der Waals surface area (Å²) in [5.74, 6) is 0.354. The molecule has 0 aliphatic carbocycles. The number of ether oxygens (including phenoxy) is 1. The number of rotatable bonds is 6. The van der Waals surface area contributed by atoms with Crippen LogP contribution < -0.4 is 10.1 Å². The van der Waals surface area contributed by atoms with Gasteiger partial charge in [0, 0.05) is 23.0 Å². The van der Waals surface area contributed by atoms with Crippen LogP contribution in [0.5, 0.6) is 5.75 Å². The van der Waals surface area contributed by atoms with Crippen molar-refractivity contribution in [3.63, 3.8) is 0 Å². The predicted molar refractivity (Wildman–Crippen MR) is 85.1 cm³/mol. The highest BCUT2D eigenvalue weighted by Crippen LogP contribution is 2.28. The number of methoxy groups -OCH3 is 1. The fraction of sp³-hybridized carbons (Fsp3) is 0.333. The molecule has 1 N–H and O–H groups in total. The molecular formula is C15H17BrFNOS. The van der Waals surface area contributed by atoms with E-state index in [1.54, 1.807) is 30.6 Å². The molecule has 5 heteroatoms. The zero-order chi connectivity index (χ0) is 14.5. The Kier molecular flexibility index (Phi) is 5.57. The van der Waals surface area contributed by atoms with E-state index in [9.17, 15) is 4.39 Å². The topological polar surface area (TPSA) is 21.3 Å². The molecule has 2 nitrogen and oxygen atoms in total. The maximum atomic E-state index is 13.9. The number of halogens is 2. The molecule has 0 spiro atoms. The lowest BCUT2D eigenvalue weighted by atomic mass is 10.1. The van der Waals surface area contributed by atoms with E-state index in [1.165, 1.54) is 10.9 Å². The number of benzene rings is 1. The van der Waals surface area contributed by atoms with E-state index in [1.807, 2.05) is 13.0 Å². The van der Waals surface area contributed by atoms with Crippen LogP contribution in [0, 0.1) is 5.82 Å². The number of nitrogens with one attached hydrogen (secondary N) is 1. The first-order chi connectivity index (χ1) is 9.61. The third kappa shape index (κ3) is 3.81. The minimum absolute atomic E-state index is 0.0884. The Labute approximate surface area is 131 Å². The summed E-state index contributed by atoms with van der Waals surface area (Å²) in [7, 11) is 1.56. The Morgan fingerprint density at radius 1 is 1.35 bits per heavy atom. The van der Waals surface area contributed by atoms with Gasteiger partial charge in [0.1, 0.15) is 11.6 Å². The molecule has 0 amide bonds. The van der Waals surface area contributed by atoms with Crippen LogP contribution in [-0.2, 0) is 6.42 Å². The number of hydrogen-bond donors (Lipinski definition) is 1. The van der Waals surface area contributed by atoms with E-state index in [4.69, 9.17) is 4.74 Å². The molecule has 1 heterocycles. The van der Waals surface area contributed by atoms with E-state index >= 15 is 0 Å². The van der Waals surface area contributed by atoms with Gasteiger partial charge in [-0.3, -0.25) is 0 Å². The lowest BCUT2D eigenvalue weighted by molar-refractivity contribution is 0.394. The average Bonchev–Trinajstić information content (AvgIpc) is 2.83. The van der Waals surface area contributed by atoms with E-state index in [0.29, 0.717) is 11.3 Å². The third-order valence-electron chi connectivity index (χ3n) is 3.12. The van der Waals surface area contributed by atoms with Gasteiger partial charge >= 0.3 is 0 Å². The highest BCUT2D eigenvalue weighted by Gasteiger charge is 2.15. The van der Waals surface area contributed by atoms with Crippen molar-refractivity contribution in [2.75, 3.05) is 13.7 Å². The summed E-state index contributed by atoms with van der Waals surface area (Å²) in [5.41, 5.74) is 0.586. The molecular weight excluding hydrogens is 341 g/mol. The third-order valence-corrected chi connectivity index (χ3v) is 4.80. The first-order valence-corrected chi connectivity index (χ1v) is 8.02. The fourth-order valence-electron chi connectivity index (χ4n) is 2.12. The average molecular weight is 358 g/mol. The second-order valence-electron chi connectivity index (χ2n) is 4.49. The Morgan fingerprint density at radius 2 is 2.15 bits per heavy atom. The number of hydrogen-bond acceptors (Lipinski definition) is 3. The minimum atomic E-state index is -0.233. The van der Waals surface area contributed by atoms with Crippen molar-refractivity contribution in [1.82, 2.24) is 5.32 Å². The Balaban J connectivity index is 1.96. The van der Waals surface area contributed by atoms with Crippen LogP contribution in [0.3, 0.4) is 0 Å². The molecule has 0 radical (unpaired) electrons. The van der Waals surface area contributed by atoms with Gasteiger partial charge in [0.15, 0.2) is 0 Å². The van der Waals surface area contributed by atoms with Crippen LogP contribution in [0.4, 0.5) is 4.39 Å². The highest BCUT2D eigenvalue weighted by molar-refractivity contribution is 9.11. The summed E-state index contributed by atoms with van der Waals surface area (Å²) in [5, 5.41) is 3.34. The molecule has 0 aliphatic rings. The normalized spacial score (nSPS) is 12.4. The van der Waals surface area contributed by atoms with Crippen LogP contribution in [0.25, 0.3) is 0 Å². The van der Waals surface area contributed by atoms with Crippen molar-refractivity contribution in [3.8, 4) is 5.75 Å². The van der Waals surface area contributed by atoms with Gasteiger partial charge < -0.3 is 10.1 Å². The molecule has 20 heavy (non-hydrogen) atoms. The fourth-order valence-corrected chi connectivity index (χ4v) is 3.60. The van der Waals surface area contributed by atoms with Gasteiger partial charge in [0.05, 0.1) is 10.9 Å². The van der Waals surface area contributed by atoms with E-state index in [2.05, 4.69) is 27.3 Å². The monoisotopic (exact) mass is 357 g/mol. The molecule has 0 saturated carbocycles. The lowest BCUT2D eigenvalue weighted by Gasteiger charge is -2.17. The first-order valence-electron chi connectivity index (χ1n) is 6.42. The Bertz CT molecular complexity index is 573. The van der Waals surface area contributed by atoms with Crippen LogP contribution in [0.2, 0.25) is 0 Å². The van der Waals surface area contributed by atoms with Crippen molar-refractivity contribution in [2.24, 2.45) is 0 Å². The van der Waals surface area contributed by atoms with Gasteiger partial charge in [0.25, 0.3) is 0 Å². The van der Waals surface area contributed by atoms with E-state index < -0.39 is 0 Å². The molecule has 1 aromatic carbocycles.